The van der Waals surface area contributed by atoms with Crippen LogP contribution in [-0.2, 0) is 11.2 Å². The van der Waals surface area contributed by atoms with E-state index in [-0.39, 0.29) is 0 Å². The largest absolute Gasteiger partial charge is 0.385 e. The quantitative estimate of drug-likeness (QED) is 0.692. The summed E-state index contributed by atoms with van der Waals surface area (Å²) in [4.78, 5) is 4.12. The maximum absolute atomic E-state index is 5.05. The van der Waals surface area contributed by atoms with Crippen LogP contribution in [-0.4, -0.2) is 31.8 Å². The second-order valence-corrected chi connectivity index (χ2v) is 3.69. The van der Waals surface area contributed by atoms with Crippen LogP contribution < -0.4 is 5.32 Å². The monoisotopic (exact) mass is 208 g/mol. The first-order valence-corrected chi connectivity index (χ1v) is 5.42. The summed E-state index contributed by atoms with van der Waals surface area (Å²) >= 11 is 0. The predicted molar refractivity (Wildman–Crippen MR) is 61.9 cm³/mol. The van der Waals surface area contributed by atoms with Crippen molar-refractivity contribution in [1.82, 2.24) is 10.3 Å². The number of methoxy groups -OCH3 is 1. The molecule has 0 saturated heterocycles. The Morgan fingerprint density at radius 3 is 3.00 bits per heavy atom. The highest BCUT2D eigenvalue weighted by atomic mass is 16.5. The van der Waals surface area contributed by atoms with E-state index in [0.29, 0.717) is 6.04 Å². The van der Waals surface area contributed by atoms with Crippen LogP contribution in [0.15, 0.2) is 24.5 Å². The van der Waals surface area contributed by atoms with Gasteiger partial charge in [0.1, 0.15) is 0 Å². The van der Waals surface area contributed by atoms with Crippen molar-refractivity contribution < 1.29 is 4.74 Å². The van der Waals surface area contributed by atoms with Crippen LogP contribution in [0.2, 0.25) is 0 Å². The maximum Gasteiger partial charge on any atom is 0.0462 e. The molecule has 0 bridgehead atoms. The van der Waals surface area contributed by atoms with Gasteiger partial charge in [-0.15, -0.1) is 0 Å². The molecule has 0 aromatic carbocycles. The van der Waals surface area contributed by atoms with E-state index >= 15 is 0 Å². The molecule has 3 nitrogen and oxygen atoms in total. The molecule has 0 spiro atoms. The number of hydrogen-bond donors (Lipinski definition) is 1. The highest BCUT2D eigenvalue weighted by Crippen LogP contribution is 2.06. The van der Waals surface area contributed by atoms with E-state index in [1.165, 1.54) is 5.56 Å². The van der Waals surface area contributed by atoms with Crippen molar-refractivity contribution in [3.8, 4) is 0 Å². The first-order valence-electron chi connectivity index (χ1n) is 5.42. The fraction of sp³-hybridized carbons (Fsp3) is 0.583. The minimum atomic E-state index is 0.518. The van der Waals surface area contributed by atoms with Gasteiger partial charge in [-0.05, 0) is 37.9 Å². The van der Waals surface area contributed by atoms with Gasteiger partial charge in [0.05, 0.1) is 0 Å². The summed E-state index contributed by atoms with van der Waals surface area (Å²) in [6, 6.07) is 4.62. The molecule has 0 aliphatic carbocycles. The molecule has 15 heavy (non-hydrogen) atoms. The molecular weight excluding hydrogens is 188 g/mol. The molecule has 1 aromatic rings. The van der Waals surface area contributed by atoms with E-state index in [2.05, 4.69) is 16.4 Å². The van der Waals surface area contributed by atoms with Crippen molar-refractivity contribution >= 4 is 0 Å². The highest BCUT2D eigenvalue weighted by molar-refractivity contribution is 5.10. The number of ether oxygens (including phenoxy) is 1. The number of hydrogen-bond acceptors (Lipinski definition) is 3. The van der Waals surface area contributed by atoms with E-state index in [9.17, 15) is 0 Å². The van der Waals surface area contributed by atoms with Crippen LogP contribution in [0.1, 0.15) is 18.4 Å². The van der Waals surface area contributed by atoms with Gasteiger partial charge in [0, 0.05) is 32.2 Å². The van der Waals surface area contributed by atoms with Gasteiger partial charge in [0.25, 0.3) is 0 Å². The lowest BCUT2D eigenvalue weighted by Gasteiger charge is -2.15. The Morgan fingerprint density at radius 1 is 1.53 bits per heavy atom. The number of likely N-dealkylation sites (N-methyl/N-ethyl adjacent to an activating group) is 1. The molecule has 1 atom stereocenters. The van der Waals surface area contributed by atoms with Crippen LogP contribution in [0.4, 0.5) is 0 Å². The number of rotatable bonds is 7. The molecular formula is C12H20N2O. The Kier molecular flexibility index (Phi) is 5.97. The normalized spacial score (nSPS) is 12.7. The molecule has 1 aromatic heterocycles. The Labute approximate surface area is 91.9 Å². The average Bonchev–Trinajstić information content (AvgIpc) is 2.29. The zero-order valence-corrected chi connectivity index (χ0v) is 9.57. The summed E-state index contributed by atoms with van der Waals surface area (Å²) < 4.78 is 5.05. The number of pyridine rings is 1. The van der Waals surface area contributed by atoms with Crippen molar-refractivity contribution in [2.45, 2.75) is 25.3 Å². The van der Waals surface area contributed by atoms with E-state index in [4.69, 9.17) is 4.74 Å². The molecule has 3 heteroatoms. The lowest BCUT2D eigenvalue weighted by Crippen LogP contribution is -2.27. The van der Waals surface area contributed by atoms with Gasteiger partial charge >= 0.3 is 0 Å². The standard InChI is InChI=1S/C12H20N2O/c1-13-12(6-4-8-15-2)9-11-5-3-7-14-10-11/h3,5,7,10,12-13H,4,6,8-9H2,1-2H3. The molecule has 0 aliphatic rings. The third-order valence-corrected chi connectivity index (χ3v) is 2.51. The second kappa shape index (κ2) is 7.37. The van der Waals surface area contributed by atoms with Crippen LogP contribution in [0.25, 0.3) is 0 Å². The summed E-state index contributed by atoms with van der Waals surface area (Å²) in [6.07, 6.45) is 7.01. The van der Waals surface area contributed by atoms with Gasteiger partial charge in [-0.1, -0.05) is 6.07 Å². The zero-order chi connectivity index (χ0) is 10.9. The van der Waals surface area contributed by atoms with Gasteiger partial charge in [-0.2, -0.15) is 0 Å². The van der Waals surface area contributed by atoms with Gasteiger partial charge in [-0.25, -0.2) is 0 Å². The van der Waals surface area contributed by atoms with Crippen LogP contribution in [0.5, 0.6) is 0 Å². The zero-order valence-electron chi connectivity index (χ0n) is 9.57. The van der Waals surface area contributed by atoms with E-state index < -0.39 is 0 Å². The Balaban J connectivity index is 2.33. The lowest BCUT2D eigenvalue weighted by atomic mass is 10.0. The second-order valence-electron chi connectivity index (χ2n) is 3.69. The number of nitrogens with one attached hydrogen (secondary N) is 1. The molecule has 0 fully saturated rings. The third kappa shape index (κ3) is 4.91. The summed E-state index contributed by atoms with van der Waals surface area (Å²) in [7, 11) is 3.75. The van der Waals surface area contributed by atoms with Gasteiger partial charge < -0.3 is 10.1 Å². The Hall–Kier alpha value is -0.930. The fourth-order valence-electron chi connectivity index (χ4n) is 1.63. The fourth-order valence-corrected chi connectivity index (χ4v) is 1.63. The number of aromatic nitrogens is 1. The van der Waals surface area contributed by atoms with Crippen molar-refractivity contribution in [2.75, 3.05) is 20.8 Å². The van der Waals surface area contributed by atoms with Crippen molar-refractivity contribution in [1.29, 1.82) is 0 Å². The van der Waals surface area contributed by atoms with E-state index in [0.717, 1.165) is 25.9 Å². The molecule has 1 heterocycles. The van der Waals surface area contributed by atoms with E-state index in [1.54, 1.807) is 7.11 Å². The predicted octanol–water partition coefficient (Wildman–Crippen LogP) is 1.64. The third-order valence-electron chi connectivity index (χ3n) is 2.51. The molecule has 0 saturated carbocycles. The smallest absolute Gasteiger partial charge is 0.0462 e. The highest BCUT2D eigenvalue weighted by Gasteiger charge is 2.06. The summed E-state index contributed by atoms with van der Waals surface area (Å²) in [5, 5.41) is 3.33. The molecule has 0 aliphatic heterocycles. The van der Waals surface area contributed by atoms with Gasteiger partial charge in [0.15, 0.2) is 0 Å². The summed E-state index contributed by atoms with van der Waals surface area (Å²) in [6.45, 7) is 0.839. The van der Waals surface area contributed by atoms with Gasteiger partial charge in [0.2, 0.25) is 0 Å². The average molecular weight is 208 g/mol. The van der Waals surface area contributed by atoms with Gasteiger partial charge in [-0.3, -0.25) is 4.98 Å². The SMILES string of the molecule is CNC(CCCOC)Cc1cccnc1. The first kappa shape index (κ1) is 12.1. The first-order chi connectivity index (χ1) is 7.36. The molecule has 1 rings (SSSR count). The Bertz CT molecular complexity index is 251. The minimum Gasteiger partial charge on any atom is -0.385 e. The molecule has 84 valence electrons. The van der Waals surface area contributed by atoms with Crippen LogP contribution >= 0.6 is 0 Å². The van der Waals surface area contributed by atoms with Crippen LogP contribution in [0.3, 0.4) is 0 Å². The number of nitrogens with zero attached hydrogens (tertiary/aromatic N) is 1. The molecule has 1 N–H and O–H groups in total. The Morgan fingerprint density at radius 2 is 2.40 bits per heavy atom. The topological polar surface area (TPSA) is 34.1 Å². The van der Waals surface area contributed by atoms with Crippen molar-refractivity contribution in [3.05, 3.63) is 30.1 Å². The van der Waals surface area contributed by atoms with Crippen LogP contribution in [0, 0.1) is 0 Å². The van der Waals surface area contributed by atoms with Crippen molar-refractivity contribution in [3.63, 3.8) is 0 Å². The maximum atomic E-state index is 5.05. The molecule has 0 amide bonds. The minimum absolute atomic E-state index is 0.518. The molecule has 1 unspecified atom stereocenters. The summed E-state index contributed by atoms with van der Waals surface area (Å²) in [5.74, 6) is 0. The van der Waals surface area contributed by atoms with Crippen molar-refractivity contribution in [2.24, 2.45) is 0 Å². The molecule has 0 radical (unpaired) electrons. The summed E-state index contributed by atoms with van der Waals surface area (Å²) in [5.41, 5.74) is 1.29. The lowest BCUT2D eigenvalue weighted by molar-refractivity contribution is 0.189. The van der Waals surface area contributed by atoms with E-state index in [1.807, 2.05) is 25.5 Å².